The van der Waals surface area contributed by atoms with E-state index in [9.17, 15) is 22.0 Å². The van der Waals surface area contributed by atoms with Crippen LogP contribution in [0.5, 0.6) is 0 Å². The second-order valence-electron chi connectivity index (χ2n) is 3.12. The van der Waals surface area contributed by atoms with Gasteiger partial charge in [0.2, 0.25) is 0 Å². The molecule has 1 rings (SSSR count). The van der Waals surface area contributed by atoms with Crippen molar-refractivity contribution in [1.29, 1.82) is 0 Å². The van der Waals surface area contributed by atoms with Gasteiger partial charge in [0, 0.05) is 6.04 Å². The summed E-state index contributed by atoms with van der Waals surface area (Å²) < 4.78 is 62.8. The molecule has 7 heteroatoms. The lowest BCUT2D eigenvalue weighted by atomic mass is 10.2. The van der Waals surface area contributed by atoms with E-state index in [1.165, 1.54) is 0 Å². The summed E-state index contributed by atoms with van der Waals surface area (Å²) in [5.41, 5.74) is 0. The van der Waals surface area contributed by atoms with Crippen molar-refractivity contribution in [3.63, 3.8) is 0 Å². The Bertz CT molecular complexity index is 187. The summed E-state index contributed by atoms with van der Waals surface area (Å²) in [6.45, 7) is 0.0120. The summed E-state index contributed by atoms with van der Waals surface area (Å²) in [5, 5.41) is 2.75. The highest BCUT2D eigenvalue weighted by Crippen LogP contribution is 2.36. The standard InChI is InChI=1S/C7H10F5NO/c8-6(9,10)7(11,12)14-4-5-2-1-3-13-5/h5,13H,1-4H2. The maximum atomic E-state index is 12.2. The molecule has 1 unspecified atom stereocenters. The maximum Gasteiger partial charge on any atom is 0.482 e. The van der Waals surface area contributed by atoms with Gasteiger partial charge < -0.3 is 10.1 Å². The fourth-order valence-electron chi connectivity index (χ4n) is 1.19. The number of ether oxygens (including phenoxy) is 1. The summed E-state index contributed by atoms with van der Waals surface area (Å²) in [4.78, 5) is 0. The first-order valence-electron chi connectivity index (χ1n) is 4.15. The minimum atomic E-state index is -5.63. The summed E-state index contributed by atoms with van der Waals surface area (Å²) in [6, 6.07) is -0.400. The molecule has 14 heavy (non-hydrogen) atoms. The van der Waals surface area contributed by atoms with E-state index in [1.807, 2.05) is 0 Å². The topological polar surface area (TPSA) is 21.3 Å². The third kappa shape index (κ3) is 2.78. The molecular weight excluding hydrogens is 209 g/mol. The second-order valence-corrected chi connectivity index (χ2v) is 3.12. The van der Waals surface area contributed by atoms with Crippen LogP contribution >= 0.6 is 0 Å². The Kier molecular flexibility index (Phi) is 3.31. The van der Waals surface area contributed by atoms with Crippen molar-refractivity contribution in [2.75, 3.05) is 13.2 Å². The summed E-state index contributed by atoms with van der Waals surface area (Å²) in [7, 11) is 0. The van der Waals surface area contributed by atoms with Crippen LogP contribution in [0.4, 0.5) is 22.0 Å². The van der Waals surface area contributed by atoms with Crippen molar-refractivity contribution in [2.24, 2.45) is 0 Å². The van der Waals surface area contributed by atoms with Crippen LogP contribution in [0.1, 0.15) is 12.8 Å². The molecule has 1 aliphatic heterocycles. The maximum absolute atomic E-state index is 12.2. The molecule has 0 spiro atoms. The van der Waals surface area contributed by atoms with Crippen LogP contribution < -0.4 is 5.32 Å². The van der Waals surface area contributed by atoms with E-state index in [2.05, 4.69) is 10.1 Å². The number of hydrogen-bond donors (Lipinski definition) is 1. The summed E-state index contributed by atoms with van der Waals surface area (Å²) in [5.74, 6) is 0. The molecule has 0 saturated carbocycles. The first kappa shape index (κ1) is 11.6. The van der Waals surface area contributed by atoms with E-state index < -0.39 is 24.9 Å². The summed E-state index contributed by atoms with van der Waals surface area (Å²) >= 11 is 0. The van der Waals surface area contributed by atoms with E-state index >= 15 is 0 Å². The zero-order valence-electron chi connectivity index (χ0n) is 7.20. The van der Waals surface area contributed by atoms with Crippen molar-refractivity contribution in [2.45, 2.75) is 31.2 Å². The smallest absolute Gasteiger partial charge is 0.312 e. The SMILES string of the molecule is FC(F)(F)C(F)(F)OCC1CCCN1. The van der Waals surface area contributed by atoms with Crippen LogP contribution in [-0.2, 0) is 4.74 Å². The Morgan fingerprint density at radius 1 is 1.21 bits per heavy atom. The third-order valence-electron chi connectivity index (χ3n) is 1.96. The average molecular weight is 219 g/mol. The van der Waals surface area contributed by atoms with Gasteiger partial charge in [-0.25, -0.2) is 0 Å². The van der Waals surface area contributed by atoms with Crippen LogP contribution in [-0.4, -0.2) is 31.5 Å². The van der Waals surface area contributed by atoms with Gasteiger partial charge in [-0.3, -0.25) is 0 Å². The normalized spacial score (nSPS) is 24.2. The van der Waals surface area contributed by atoms with Crippen molar-refractivity contribution in [1.82, 2.24) is 5.32 Å². The van der Waals surface area contributed by atoms with Crippen LogP contribution in [0.2, 0.25) is 0 Å². The molecule has 0 bridgehead atoms. The van der Waals surface area contributed by atoms with Crippen molar-refractivity contribution >= 4 is 0 Å². The van der Waals surface area contributed by atoms with Crippen LogP contribution in [0.15, 0.2) is 0 Å². The molecule has 2 nitrogen and oxygen atoms in total. The third-order valence-corrected chi connectivity index (χ3v) is 1.96. The first-order valence-corrected chi connectivity index (χ1v) is 4.15. The molecule has 1 N–H and O–H groups in total. The van der Waals surface area contributed by atoms with Crippen molar-refractivity contribution in [3.05, 3.63) is 0 Å². The lowest BCUT2D eigenvalue weighted by molar-refractivity contribution is -0.391. The minimum absolute atomic E-state index is 0.400. The van der Waals surface area contributed by atoms with Crippen LogP contribution in [0, 0.1) is 0 Å². The average Bonchev–Trinajstić information content (AvgIpc) is 2.50. The Balaban J connectivity index is 2.35. The molecule has 1 aliphatic rings. The quantitative estimate of drug-likeness (QED) is 0.732. The van der Waals surface area contributed by atoms with E-state index in [4.69, 9.17) is 0 Å². The second kappa shape index (κ2) is 3.98. The van der Waals surface area contributed by atoms with Crippen molar-refractivity contribution in [3.8, 4) is 0 Å². The van der Waals surface area contributed by atoms with Gasteiger partial charge >= 0.3 is 12.3 Å². The Hall–Kier alpha value is -0.430. The monoisotopic (exact) mass is 219 g/mol. The van der Waals surface area contributed by atoms with E-state index in [1.54, 1.807) is 0 Å². The highest BCUT2D eigenvalue weighted by atomic mass is 19.4. The van der Waals surface area contributed by atoms with E-state index in [0.29, 0.717) is 13.0 Å². The molecule has 0 aliphatic carbocycles. The molecule has 1 saturated heterocycles. The Morgan fingerprint density at radius 2 is 1.86 bits per heavy atom. The molecule has 1 fully saturated rings. The largest absolute Gasteiger partial charge is 0.482 e. The number of rotatable bonds is 3. The molecular formula is C7H10F5NO. The first-order chi connectivity index (χ1) is 6.33. The van der Waals surface area contributed by atoms with Crippen molar-refractivity contribution < 1.29 is 26.7 Å². The summed E-state index contributed by atoms with van der Waals surface area (Å²) in [6.07, 6.45) is -9.34. The number of alkyl halides is 5. The van der Waals surface area contributed by atoms with Gasteiger partial charge in [0.05, 0.1) is 6.61 Å². The molecule has 0 amide bonds. The lowest BCUT2D eigenvalue weighted by Crippen LogP contribution is -2.42. The van der Waals surface area contributed by atoms with Gasteiger partial charge in [-0.05, 0) is 19.4 Å². The predicted molar refractivity (Wildman–Crippen MR) is 38.0 cm³/mol. The van der Waals surface area contributed by atoms with Gasteiger partial charge in [0.25, 0.3) is 0 Å². The number of hydrogen-bond acceptors (Lipinski definition) is 2. The zero-order valence-corrected chi connectivity index (χ0v) is 7.20. The van der Waals surface area contributed by atoms with E-state index in [-0.39, 0.29) is 0 Å². The highest BCUT2D eigenvalue weighted by Gasteiger charge is 2.59. The zero-order chi connectivity index (χ0) is 10.8. The van der Waals surface area contributed by atoms with Gasteiger partial charge in [-0.15, -0.1) is 0 Å². The fourth-order valence-corrected chi connectivity index (χ4v) is 1.19. The van der Waals surface area contributed by atoms with Gasteiger partial charge in [-0.1, -0.05) is 0 Å². The number of nitrogens with one attached hydrogen (secondary N) is 1. The molecule has 1 heterocycles. The molecule has 0 aromatic rings. The van der Waals surface area contributed by atoms with Gasteiger partial charge in [0.15, 0.2) is 0 Å². The van der Waals surface area contributed by atoms with Gasteiger partial charge in [-0.2, -0.15) is 22.0 Å². The van der Waals surface area contributed by atoms with E-state index in [0.717, 1.165) is 6.42 Å². The minimum Gasteiger partial charge on any atom is -0.312 e. The molecule has 0 aromatic heterocycles. The van der Waals surface area contributed by atoms with Crippen LogP contribution in [0.3, 0.4) is 0 Å². The lowest BCUT2D eigenvalue weighted by Gasteiger charge is -2.21. The molecule has 0 radical (unpaired) electrons. The molecule has 1 atom stereocenters. The van der Waals surface area contributed by atoms with Gasteiger partial charge in [0.1, 0.15) is 0 Å². The van der Waals surface area contributed by atoms with Crippen LogP contribution in [0.25, 0.3) is 0 Å². The fraction of sp³-hybridized carbons (Fsp3) is 1.00. The highest BCUT2D eigenvalue weighted by molar-refractivity contribution is 4.75. The predicted octanol–water partition coefficient (Wildman–Crippen LogP) is 1.91. The number of halogens is 5. The Labute approximate surface area is 77.4 Å². The molecule has 0 aromatic carbocycles. The Morgan fingerprint density at radius 3 is 2.29 bits per heavy atom. The molecule has 84 valence electrons.